The van der Waals surface area contributed by atoms with Gasteiger partial charge in [0, 0.05) is 12.6 Å². The van der Waals surface area contributed by atoms with E-state index >= 15 is 0 Å². The Kier molecular flexibility index (Phi) is 5.31. The van der Waals surface area contributed by atoms with Crippen LogP contribution < -0.4 is 5.32 Å². The zero-order valence-corrected chi connectivity index (χ0v) is 14.5. The largest absolute Gasteiger partial charge is 0.321 e. The average Bonchev–Trinajstić information content (AvgIpc) is 2.73. The van der Waals surface area contributed by atoms with Crippen LogP contribution in [0.2, 0.25) is 0 Å². The van der Waals surface area contributed by atoms with Crippen LogP contribution in [0.3, 0.4) is 0 Å². The average molecular weight is 295 g/mol. The Hall–Kier alpha value is -0.610. The van der Waals surface area contributed by atoms with Crippen LogP contribution >= 0.6 is 0 Å². The van der Waals surface area contributed by atoms with Crippen molar-refractivity contribution < 1.29 is 4.79 Å². The highest BCUT2D eigenvalue weighted by atomic mass is 16.2. The molecule has 2 aliphatic rings. The van der Waals surface area contributed by atoms with Gasteiger partial charge in [0.1, 0.15) is 0 Å². The molecule has 0 aromatic carbocycles. The van der Waals surface area contributed by atoms with Crippen molar-refractivity contribution in [1.29, 1.82) is 0 Å². The first-order chi connectivity index (χ1) is 9.89. The van der Waals surface area contributed by atoms with Gasteiger partial charge < -0.3 is 9.80 Å². The van der Waals surface area contributed by atoms with Crippen molar-refractivity contribution in [3.8, 4) is 0 Å². The lowest BCUT2D eigenvalue weighted by molar-refractivity contribution is -0.135. The maximum absolute atomic E-state index is 12.9. The fourth-order valence-corrected chi connectivity index (χ4v) is 3.69. The maximum Gasteiger partial charge on any atom is 0.244 e. The Bertz CT molecular complexity index is 365. The third-order valence-electron chi connectivity index (χ3n) is 5.26. The number of rotatable bonds is 5. The number of amides is 1. The molecular formula is C17H33N3O. The standard InChI is InChI=1S/C17H33N3O/c1-6-17(5)16(21)20(15(18-17)13(2)3)14(4)12-19-10-8-7-9-11-19/h13-15,18H,6-12H2,1-5H3. The molecule has 2 heterocycles. The summed E-state index contributed by atoms with van der Waals surface area (Å²) in [7, 11) is 0. The third kappa shape index (κ3) is 3.42. The minimum Gasteiger partial charge on any atom is -0.321 e. The van der Waals surface area contributed by atoms with Crippen LogP contribution in [-0.4, -0.2) is 53.1 Å². The third-order valence-corrected chi connectivity index (χ3v) is 5.26. The number of piperidine rings is 1. The Balaban J connectivity index is 2.08. The molecule has 3 atom stereocenters. The van der Waals surface area contributed by atoms with Gasteiger partial charge >= 0.3 is 0 Å². The van der Waals surface area contributed by atoms with Crippen molar-refractivity contribution in [3.63, 3.8) is 0 Å². The highest BCUT2D eigenvalue weighted by molar-refractivity contribution is 5.88. The van der Waals surface area contributed by atoms with Crippen molar-refractivity contribution in [2.75, 3.05) is 19.6 Å². The number of nitrogens with zero attached hydrogens (tertiary/aromatic N) is 2. The zero-order chi connectivity index (χ0) is 15.6. The van der Waals surface area contributed by atoms with Gasteiger partial charge in [0.2, 0.25) is 5.91 Å². The number of hydrogen-bond acceptors (Lipinski definition) is 3. The normalized spacial score (nSPS) is 33.0. The Morgan fingerprint density at radius 3 is 2.38 bits per heavy atom. The Morgan fingerprint density at radius 1 is 1.24 bits per heavy atom. The van der Waals surface area contributed by atoms with Crippen LogP contribution in [0.5, 0.6) is 0 Å². The van der Waals surface area contributed by atoms with E-state index in [2.05, 4.69) is 49.7 Å². The lowest BCUT2D eigenvalue weighted by Gasteiger charge is -2.37. The lowest BCUT2D eigenvalue weighted by Crippen LogP contribution is -2.51. The van der Waals surface area contributed by atoms with E-state index in [1.807, 2.05) is 0 Å². The molecule has 3 unspecified atom stereocenters. The highest BCUT2D eigenvalue weighted by Gasteiger charge is 2.49. The Labute approximate surface area is 130 Å². The first-order valence-electron chi connectivity index (χ1n) is 8.72. The summed E-state index contributed by atoms with van der Waals surface area (Å²) in [4.78, 5) is 17.6. The van der Waals surface area contributed by atoms with E-state index in [1.54, 1.807) is 0 Å². The molecule has 0 aromatic rings. The predicted molar refractivity (Wildman–Crippen MR) is 87.1 cm³/mol. The number of hydrogen-bond donors (Lipinski definition) is 1. The molecule has 0 bridgehead atoms. The van der Waals surface area contributed by atoms with Crippen molar-refractivity contribution in [2.24, 2.45) is 5.92 Å². The van der Waals surface area contributed by atoms with Gasteiger partial charge in [-0.25, -0.2) is 0 Å². The molecule has 0 aliphatic carbocycles. The topological polar surface area (TPSA) is 35.6 Å². The van der Waals surface area contributed by atoms with E-state index in [-0.39, 0.29) is 23.7 Å². The van der Waals surface area contributed by atoms with Gasteiger partial charge in [-0.2, -0.15) is 0 Å². The molecule has 4 nitrogen and oxygen atoms in total. The fraction of sp³-hybridized carbons (Fsp3) is 0.941. The molecule has 1 N–H and O–H groups in total. The Morgan fingerprint density at radius 2 is 1.86 bits per heavy atom. The summed E-state index contributed by atoms with van der Waals surface area (Å²) >= 11 is 0. The minimum atomic E-state index is -0.384. The molecule has 2 fully saturated rings. The summed E-state index contributed by atoms with van der Waals surface area (Å²) < 4.78 is 0. The van der Waals surface area contributed by atoms with Gasteiger partial charge in [-0.3, -0.25) is 10.1 Å². The first kappa shape index (κ1) is 16.8. The van der Waals surface area contributed by atoms with E-state index in [4.69, 9.17) is 0 Å². The van der Waals surface area contributed by atoms with Gasteiger partial charge in [0.25, 0.3) is 0 Å². The van der Waals surface area contributed by atoms with Crippen LogP contribution in [0.1, 0.15) is 60.3 Å². The minimum absolute atomic E-state index is 0.169. The van der Waals surface area contributed by atoms with Gasteiger partial charge in [0.15, 0.2) is 0 Å². The molecule has 1 amide bonds. The van der Waals surface area contributed by atoms with Gasteiger partial charge in [-0.1, -0.05) is 27.2 Å². The lowest BCUT2D eigenvalue weighted by atomic mass is 9.99. The zero-order valence-electron chi connectivity index (χ0n) is 14.5. The van der Waals surface area contributed by atoms with Crippen LogP contribution in [0.4, 0.5) is 0 Å². The molecule has 0 saturated carbocycles. The summed E-state index contributed by atoms with van der Waals surface area (Å²) in [6.07, 6.45) is 4.99. The fourth-order valence-electron chi connectivity index (χ4n) is 3.69. The van der Waals surface area contributed by atoms with Crippen LogP contribution in [-0.2, 0) is 4.79 Å². The monoisotopic (exact) mass is 295 g/mol. The first-order valence-corrected chi connectivity index (χ1v) is 8.72. The van der Waals surface area contributed by atoms with E-state index in [0.717, 1.165) is 13.0 Å². The molecular weight excluding hydrogens is 262 g/mol. The van der Waals surface area contributed by atoms with Gasteiger partial charge in [-0.15, -0.1) is 0 Å². The molecule has 2 saturated heterocycles. The summed E-state index contributed by atoms with van der Waals surface area (Å²) in [6, 6.07) is 0.281. The van der Waals surface area contributed by atoms with Gasteiger partial charge in [-0.05, 0) is 52.1 Å². The number of nitrogens with one attached hydrogen (secondary N) is 1. The van der Waals surface area contributed by atoms with Crippen molar-refractivity contribution >= 4 is 5.91 Å². The van der Waals surface area contributed by atoms with E-state index in [9.17, 15) is 4.79 Å². The van der Waals surface area contributed by atoms with Crippen molar-refractivity contribution in [3.05, 3.63) is 0 Å². The molecule has 2 aliphatic heterocycles. The second-order valence-corrected chi connectivity index (χ2v) is 7.44. The molecule has 21 heavy (non-hydrogen) atoms. The smallest absolute Gasteiger partial charge is 0.244 e. The summed E-state index contributed by atoms with van der Waals surface area (Å²) in [5, 5.41) is 3.59. The van der Waals surface area contributed by atoms with E-state index in [0.29, 0.717) is 5.92 Å². The molecule has 0 spiro atoms. The summed E-state index contributed by atoms with van der Waals surface area (Å²) in [6.45, 7) is 14.2. The van der Waals surface area contributed by atoms with Crippen molar-refractivity contribution in [2.45, 2.75) is 78.0 Å². The maximum atomic E-state index is 12.9. The number of carbonyl (C=O) groups excluding carboxylic acids is 1. The van der Waals surface area contributed by atoms with E-state index < -0.39 is 0 Å². The quantitative estimate of drug-likeness (QED) is 0.846. The molecule has 4 heteroatoms. The van der Waals surface area contributed by atoms with Crippen LogP contribution in [0, 0.1) is 5.92 Å². The van der Waals surface area contributed by atoms with Crippen molar-refractivity contribution in [1.82, 2.24) is 15.1 Å². The molecule has 122 valence electrons. The molecule has 0 aromatic heterocycles. The van der Waals surface area contributed by atoms with Crippen LogP contribution in [0.15, 0.2) is 0 Å². The van der Waals surface area contributed by atoms with Gasteiger partial charge in [0.05, 0.1) is 11.7 Å². The highest BCUT2D eigenvalue weighted by Crippen LogP contribution is 2.29. The van der Waals surface area contributed by atoms with Crippen LogP contribution in [0.25, 0.3) is 0 Å². The SMILES string of the molecule is CCC1(C)NC(C(C)C)N(C(C)CN2CCCCC2)C1=O. The van der Waals surface area contributed by atoms with E-state index in [1.165, 1.54) is 32.4 Å². The summed E-state index contributed by atoms with van der Waals surface area (Å²) in [5.74, 6) is 0.722. The molecule has 0 radical (unpaired) electrons. The second-order valence-electron chi connectivity index (χ2n) is 7.44. The second kappa shape index (κ2) is 6.66. The number of likely N-dealkylation sites (tertiary alicyclic amines) is 1. The predicted octanol–water partition coefficient (Wildman–Crippen LogP) is 2.44. The molecule has 2 rings (SSSR count). The summed E-state index contributed by atoms with van der Waals surface area (Å²) in [5.41, 5.74) is -0.384. The number of carbonyl (C=O) groups is 1.